The van der Waals surface area contributed by atoms with Crippen LogP contribution in [-0.4, -0.2) is 15.7 Å². The van der Waals surface area contributed by atoms with E-state index in [0.29, 0.717) is 0 Å². The van der Waals surface area contributed by atoms with Crippen molar-refractivity contribution in [2.24, 2.45) is 5.73 Å². The Bertz CT molecular complexity index is 514. The van der Waals surface area contributed by atoms with Crippen LogP contribution in [0.25, 0.3) is 0 Å². The second-order valence-electron chi connectivity index (χ2n) is 4.30. The zero-order valence-electron chi connectivity index (χ0n) is 10.6. The van der Waals surface area contributed by atoms with Crippen LogP contribution in [0.4, 0.5) is 0 Å². The summed E-state index contributed by atoms with van der Waals surface area (Å²) in [6.45, 7) is 4.22. The summed E-state index contributed by atoms with van der Waals surface area (Å²) < 4.78 is 0. The Hall–Kier alpha value is -1.39. The van der Waals surface area contributed by atoms with E-state index in [0.717, 1.165) is 10.8 Å². The quantitative estimate of drug-likeness (QED) is 0.858. The molecular weight excluding hydrogens is 242 g/mol. The lowest BCUT2D eigenvalue weighted by atomic mass is 10.0. The molecule has 0 radical (unpaired) electrons. The van der Waals surface area contributed by atoms with Gasteiger partial charge in [-0.1, -0.05) is 18.2 Å². The van der Waals surface area contributed by atoms with Crippen LogP contribution >= 0.6 is 11.8 Å². The number of nitrogens with zero attached hydrogens (tertiary/aromatic N) is 2. The Morgan fingerprint density at radius 2 is 2.06 bits per heavy atom. The van der Waals surface area contributed by atoms with Crippen molar-refractivity contribution in [1.29, 1.82) is 0 Å². The van der Waals surface area contributed by atoms with Crippen LogP contribution in [0.5, 0.6) is 0 Å². The molecule has 1 unspecified atom stereocenters. The fourth-order valence-corrected chi connectivity index (χ4v) is 2.44. The van der Waals surface area contributed by atoms with E-state index in [2.05, 4.69) is 42.0 Å². The minimum atomic E-state index is 0.0244. The van der Waals surface area contributed by atoms with Crippen LogP contribution in [0.2, 0.25) is 0 Å². The molecule has 0 aliphatic rings. The zero-order chi connectivity index (χ0) is 13.0. The second kappa shape index (κ2) is 5.98. The largest absolute Gasteiger partial charge is 0.323 e. The molecule has 0 aliphatic heterocycles. The molecule has 1 aromatic carbocycles. The van der Waals surface area contributed by atoms with Gasteiger partial charge in [0.1, 0.15) is 5.03 Å². The van der Waals surface area contributed by atoms with Crippen molar-refractivity contribution < 1.29 is 0 Å². The van der Waals surface area contributed by atoms with E-state index in [1.807, 2.05) is 0 Å². The maximum Gasteiger partial charge on any atom is 0.114 e. The number of hydrogen-bond acceptors (Lipinski definition) is 4. The lowest BCUT2D eigenvalue weighted by Gasteiger charge is -2.13. The summed E-state index contributed by atoms with van der Waals surface area (Å²) in [5.74, 6) is 0.807. The highest BCUT2D eigenvalue weighted by molar-refractivity contribution is 7.99. The molecule has 4 heteroatoms. The van der Waals surface area contributed by atoms with Gasteiger partial charge in [0.15, 0.2) is 0 Å². The molecule has 0 saturated carbocycles. The van der Waals surface area contributed by atoms with E-state index in [4.69, 9.17) is 5.73 Å². The van der Waals surface area contributed by atoms with Crippen molar-refractivity contribution in [1.82, 2.24) is 9.97 Å². The molecule has 2 rings (SSSR count). The lowest BCUT2D eigenvalue weighted by Crippen LogP contribution is -2.13. The number of benzene rings is 1. The van der Waals surface area contributed by atoms with Crippen LogP contribution < -0.4 is 5.73 Å². The summed E-state index contributed by atoms with van der Waals surface area (Å²) in [5, 5.41) is 0.914. The molecule has 3 nitrogen and oxygen atoms in total. The summed E-state index contributed by atoms with van der Waals surface area (Å²) >= 11 is 1.63. The molecule has 0 saturated heterocycles. The van der Waals surface area contributed by atoms with Crippen LogP contribution in [-0.2, 0) is 0 Å². The molecule has 2 aromatic rings. The van der Waals surface area contributed by atoms with Gasteiger partial charge < -0.3 is 5.73 Å². The standard InChI is InChI=1S/C14H17N3S/c1-10-3-4-12(7-11(10)2)13(15)9-18-14-8-16-5-6-17-14/h3-8,13H,9,15H2,1-2H3. The third kappa shape index (κ3) is 3.31. The summed E-state index contributed by atoms with van der Waals surface area (Å²) in [7, 11) is 0. The van der Waals surface area contributed by atoms with Gasteiger partial charge in [-0.05, 0) is 30.5 Å². The predicted molar refractivity (Wildman–Crippen MR) is 75.6 cm³/mol. The van der Waals surface area contributed by atoms with Gasteiger partial charge >= 0.3 is 0 Å². The average molecular weight is 259 g/mol. The molecule has 0 amide bonds. The summed E-state index contributed by atoms with van der Waals surface area (Å²) in [6.07, 6.45) is 5.13. The van der Waals surface area contributed by atoms with E-state index >= 15 is 0 Å². The lowest BCUT2D eigenvalue weighted by molar-refractivity contribution is 0.827. The van der Waals surface area contributed by atoms with Gasteiger partial charge in [-0.2, -0.15) is 0 Å². The topological polar surface area (TPSA) is 51.8 Å². The van der Waals surface area contributed by atoms with Crippen molar-refractivity contribution in [2.75, 3.05) is 5.75 Å². The SMILES string of the molecule is Cc1ccc(C(N)CSc2cnccn2)cc1C. The van der Waals surface area contributed by atoms with E-state index < -0.39 is 0 Å². The van der Waals surface area contributed by atoms with Gasteiger partial charge in [-0.25, -0.2) is 4.98 Å². The van der Waals surface area contributed by atoms with Gasteiger partial charge in [0, 0.05) is 24.2 Å². The minimum Gasteiger partial charge on any atom is -0.323 e. The predicted octanol–water partition coefficient (Wildman–Crippen LogP) is 2.89. The van der Waals surface area contributed by atoms with E-state index in [-0.39, 0.29) is 6.04 Å². The van der Waals surface area contributed by atoms with Crippen molar-refractivity contribution in [3.63, 3.8) is 0 Å². The van der Waals surface area contributed by atoms with Crippen molar-refractivity contribution in [3.05, 3.63) is 53.5 Å². The highest BCUT2D eigenvalue weighted by atomic mass is 32.2. The molecule has 1 aromatic heterocycles. The fourth-order valence-electron chi connectivity index (χ4n) is 1.63. The first kappa shape index (κ1) is 13.1. The summed E-state index contributed by atoms with van der Waals surface area (Å²) in [5.41, 5.74) is 9.95. The van der Waals surface area contributed by atoms with Gasteiger partial charge in [0.05, 0.1) is 6.20 Å². The first-order valence-corrected chi connectivity index (χ1v) is 6.87. The first-order valence-electron chi connectivity index (χ1n) is 5.88. The monoisotopic (exact) mass is 259 g/mol. The molecule has 0 spiro atoms. The molecule has 1 heterocycles. The van der Waals surface area contributed by atoms with Crippen LogP contribution in [0.3, 0.4) is 0 Å². The molecule has 18 heavy (non-hydrogen) atoms. The number of aryl methyl sites for hydroxylation is 2. The maximum atomic E-state index is 6.19. The van der Waals surface area contributed by atoms with Crippen LogP contribution in [0, 0.1) is 13.8 Å². The first-order chi connectivity index (χ1) is 8.66. The second-order valence-corrected chi connectivity index (χ2v) is 5.35. The summed E-state index contributed by atoms with van der Waals surface area (Å²) in [4.78, 5) is 8.26. The molecule has 94 valence electrons. The molecule has 0 aliphatic carbocycles. The Morgan fingerprint density at radius 3 is 2.72 bits per heavy atom. The Kier molecular flexibility index (Phi) is 4.33. The molecule has 1 atom stereocenters. The van der Waals surface area contributed by atoms with Crippen LogP contribution in [0.15, 0.2) is 41.8 Å². The number of hydrogen-bond donors (Lipinski definition) is 1. The third-order valence-electron chi connectivity index (χ3n) is 2.91. The van der Waals surface area contributed by atoms with E-state index in [9.17, 15) is 0 Å². The van der Waals surface area contributed by atoms with E-state index in [1.54, 1.807) is 30.4 Å². The Morgan fingerprint density at radius 1 is 1.22 bits per heavy atom. The van der Waals surface area contributed by atoms with E-state index in [1.165, 1.54) is 16.7 Å². The Balaban J connectivity index is 1.99. The molecular formula is C14H17N3S. The average Bonchev–Trinajstić information content (AvgIpc) is 2.40. The third-order valence-corrected chi connectivity index (χ3v) is 3.94. The normalized spacial score (nSPS) is 12.4. The zero-order valence-corrected chi connectivity index (χ0v) is 11.4. The van der Waals surface area contributed by atoms with Crippen molar-refractivity contribution in [3.8, 4) is 0 Å². The summed E-state index contributed by atoms with van der Waals surface area (Å²) in [6, 6.07) is 6.41. The fraction of sp³-hybridized carbons (Fsp3) is 0.286. The number of aromatic nitrogens is 2. The number of nitrogens with two attached hydrogens (primary N) is 1. The highest BCUT2D eigenvalue weighted by Crippen LogP contribution is 2.22. The minimum absolute atomic E-state index is 0.0244. The van der Waals surface area contributed by atoms with Gasteiger partial charge in [0.25, 0.3) is 0 Å². The highest BCUT2D eigenvalue weighted by Gasteiger charge is 2.08. The molecule has 0 fully saturated rings. The Labute approximate surface area is 112 Å². The van der Waals surface area contributed by atoms with Crippen molar-refractivity contribution in [2.45, 2.75) is 24.9 Å². The van der Waals surface area contributed by atoms with Gasteiger partial charge in [-0.3, -0.25) is 4.98 Å². The molecule has 0 bridgehead atoms. The maximum absolute atomic E-state index is 6.19. The molecule has 2 N–H and O–H groups in total. The smallest absolute Gasteiger partial charge is 0.114 e. The van der Waals surface area contributed by atoms with Gasteiger partial charge in [0.2, 0.25) is 0 Å². The number of rotatable bonds is 4. The van der Waals surface area contributed by atoms with Crippen molar-refractivity contribution >= 4 is 11.8 Å². The van der Waals surface area contributed by atoms with Gasteiger partial charge in [-0.15, -0.1) is 11.8 Å². The van der Waals surface area contributed by atoms with Crippen LogP contribution in [0.1, 0.15) is 22.7 Å². The number of thioether (sulfide) groups is 1.